The van der Waals surface area contributed by atoms with Crippen molar-refractivity contribution < 1.29 is 14.3 Å². The first kappa shape index (κ1) is 22.9. The number of carbonyl (C=O) groups is 2. The van der Waals surface area contributed by atoms with Gasteiger partial charge in [-0.15, -0.1) is 11.8 Å². The molecule has 0 bridgehead atoms. The van der Waals surface area contributed by atoms with Crippen LogP contribution in [0.4, 0.5) is 4.79 Å². The highest BCUT2D eigenvalue weighted by Crippen LogP contribution is 2.36. The van der Waals surface area contributed by atoms with Gasteiger partial charge in [-0.3, -0.25) is 14.4 Å². The highest BCUT2D eigenvalue weighted by atomic mass is 32.2. The Morgan fingerprint density at radius 1 is 1.22 bits per heavy atom. The molecule has 4 heterocycles. The molecule has 2 aliphatic heterocycles. The Kier molecular flexibility index (Phi) is 6.38. The zero-order valence-electron chi connectivity index (χ0n) is 19.8. The lowest BCUT2D eigenvalue weighted by Crippen LogP contribution is -2.51. The van der Waals surface area contributed by atoms with E-state index in [1.807, 2.05) is 23.8 Å². The van der Waals surface area contributed by atoms with E-state index < -0.39 is 0 Å². The molecule has 32 heavy (non-hydrogen) atoms. The van der Waals surface area contributed by atoms with Crippen LogP contribution in [0.25, 0.3) is 11.0 Å². The number of hydrogen-bond acceptors (Lipinski definition) is 6. The molecule has 0 aliphatic carbocycles. The van der Waals surface area contributed by atoms with Gasteiger partial charge in [0.1, 0.15) is 6.61 Å². The second-order valence-electron chi connectivity index (χ2n) is 9.39. The van der Waals surface area contributed by atoms with Crippen LogP contribution in [-0.4, -0.2) is 73.6 Å². The second-order valence-corrected chi connectivity index (χ2v) is 11.0. The number of piperidine rings is 1. The molecule has 9 heteroatoms. The third-order valence-corrected chi connectivity index (χ3v) is 7.55. The monoisotopic (exact) mass is 459 g/mol. The lowest BCUT2D eigenvalue weighted by atomic mass is 9.97. The maximum atomic E-state index is 13.6. The number of fused-ring (bicyclic) bond motifs is 1. The van der Waals surface area contributed by atoms with Crippen molar-refractivity contribution in [1.82, 2.24) is 24.6 Å². The summed E-state index contributed by atoms with van der Waals surface area (Å²) < 4.78 is 7.10. The number of pyridine rings is 1. The van der Waals surface area contributed by atoms with E-state index >= 15 is 0 Å². The third-order valence-electron chi connectivity index (χ3n) is 6.42. The summed E-state index contributed by atoms with van der Waals surface area (Å²) in [5.74, 6) is 0.353. The number of likely N-dealkylation sites (tertiary alicyclic amines) is 1. The standard InChI is InChI=1S/C23H33N5O3S/c1-13(2)18-12-31-23(30)28(18)16-7-9-27(10-8-16)22(29)17-11-24-21-19(15(5)25-26(21)6)20(17)32-14(3)4/h11,13-14,16,18H,7-10,12H2,1-6H3. The highest BCUT2D eigenvalue weighted by molar-refractivity contribution is 8.00. The fourth-order valence-electron chi connectivity index (χ4n) is 4.79. The average molecular weight is 460 g/mol. The minimum atomic E-state index is -0.217. The Bertz CT molecular complexity index is 1030. The average Bonchev–Trinajstić information content (AvgIpc) is 3.27. The van der Waals surface area contributed by atoms with E-state index in [4.69, 9.17) is 4.74 Å². The number of ether oxygens (including phenoxy) is 1. The Hall–Kier alpha value is -2.29. The van der Waals surface area contributed by atoms with Gasteiger partial charge in [-0.2, -0.15) is 5.10 Å². The quantitative estimate of drug-likeness (QED) is 0.632. The Balaban J connectivity index is 1.56. The number of nitrogens with zero attached hydrogens (tertiary/aromatic N) is 5. The van der Waals surface area contributed by atoms with Crippen LogP contribution in [0.5, 0.6) is 0 Å². The van der Waals surface area contributed by atoms with Gasteiger partial charge >= 0.3 is 6.09 Å². The molecule has 2 amide bonds. The first-order chi connectivity index (χ1) is 15.2. The molecular formula is C23H33N5O3S. The molecule has 4 rings (SSSR count). The van der Waals surface area contributed by atoms with Crippen molar-refractivity contribution in [2.45, 2.75) is 69.7 Å². The molecule has 2 fully saturated rings. The van der Waals surface area contributed by atoms with Crippen molar-refractivity contribution in [1.29, 1.82) is 0 Å². The predicted molar refractivity (Wildman–Crippen MR) is 125 cm³/mol. The molecule has 1 atom stereocenters. The summed E-state index contributed by atoms with van der Waals surface area (Å²) in [5.41, 5.74) is 2.33. The van der Waals surface area contributed by atoms with Gasteiger partial charge < -0.3 is 9.64 Å². The molecular weight excluding hydrogens is 426 g/mol. The SMILES string of the molecule is Cc1nn(C)c2ncc(C(=O)N3CCC(N4C(=O)OCC4C(C)C)CC3)c(SC(C)C)c12. The third kappa shape index (κ3) is 4.07. The van der Waals surface area contributed by atoms with E-state index in [1.165, 1.54) is 0 Å². The maximum Gasteiger partial charge on any atom is 0.410 e. The van der Waals surface area contributed by atoms with E-state index in [-0.39, 0.29) is 24.1 Å². The zero-order valence-corrected chi connectivity index (χ0v) is 20.6. The Morgan fingerprint density at radius 2 is 1.91 bits per heavy atom. The summed E-state index contributed by atoms with van der Waals surface area (Å²) in [5, 5.41) is 5.81. The second kappa shape index (κ2) is 8.92. The maximum absolute atomic E-state index is 13.6. The summed E-state index contributed by atoms with van der Waals surface area (Å²) in [7, 11) is 1.88. The van der Waals surface area contributed by atoms with Gasteiger partial charge in [-0.05, 0) is 25.7 Å². The van der Waals surface area contributed by atoms with Crippen molar-refractivity contribution >= 4 is 34.8 Å². The van der Waals surface area contributed by atoms with E-state index in [0.717, 1.165) is 34.5 Å². The lowest BCUT2D eigenvalue weighted by molar-refractivity contribution is 0.0616. The van der Waals surface area contributed by atoms with Gasteiger partial charge in [0, 0.05) is 42.5 Å². The molecule has 2 aliphatic rings. The highest BCUT2D eigenvalue weighted by Gasteiger charge is 2.41. The van der Waals surface area contributed by atoms with Crippen molar-refractivity contribution in [2.24, 2.45) is 13.0 Å². The van der Waals surface area contributed by atoms with Crippen LogP contribution in [0, 0.1) is 12.8 Å². The molecule has 8 nitrogen and oxygen atoms in total. The number of thioether (sulfide) groups is 1. The normalized spacial score (nSPS) is 20.1. The molecule has 0 spiro atoms. The molecule has 1 unspecified atom stereocenters. The number of aryl methyl sites for hydroxylation is 2. The van der Waals surface area contributed by atoms with Gasteiger partial charge in [0.05, 0.1) is 22.7 Å². The summed E-state index contributed by atoms with van der Waals surface area (Å²) in [6.07, 6.45) is 3.01. The predicted octanol–water partition coefficient (Wildman–Crippen LogP) is 3.86. The van der Waals surface area contributed by atoms with E-state index in [2.05, 4.69) is 37.8 Å². The molecule has 0 saturated carbocycles. The molecule has 174 valence electrons. The molecule has 2 saturated heterocycles. The number of aromatic nitrogens is 3. The van der Waals surface area contributed by atoms with E-state index in [9.17, 15) is 9.59 Å². The number of rotatable bonds is 5. The molecule has 2 aromatic heterocycles. The van der Waals surface area contributed by atoms with Crippen molar-refractivity contribution in [2.75, 3.05) is 19.7 Å². The Morgan fingerprint density at radius 3 is 2.53 bits per heavy atom. The zero-order chi connectivity index (χ0) is 23.2. The first-order valence-electron chi connectivity index (χ1n) is 11.4. The van der Waals surface area contributed by atoms with Crippen LogP contribution in [0.15, 0.2) is 11.1 Å². The number of carbonyl (C=O) groups excluding carboxylic acids is 2. The summed E-state index contributed by atoms with van der Waals surface area (Å²) in [4.78, 5) is 35.3. The summed E-state index contributed by atoms with van der Waals surface area (Å²) in [6.45, 7) is 12.2. The summed E-state index contributed by atoms with van der Waals surface area (Å²) >= 11 is 1.69. The van der Waals surface area contributed by atoms with Gasteiger partial charge in [0.2, 0.25) is 0 Å². The molecule has 0 radical (unpaired) electrons. The van der Waals surface area contributed by atoms with Crippen LogP contribution < -0.4 is 0 Å². The van der Waals surface area contributed by atoms with Gasteiger partial charge in [-0.25, -0.2) is 9.78 Å². The first-order valence-corrected chi connectivity index (χ1v) is 12.3. The number of hydrogen-bond donors (Lipinski definition) is 0. The van der Waals surface area contributed by atoms with Gasteiger partial charge in [-0.1, -0.05) is 27.7 Å². The lowest BCUT2D eigenvalue weighted by Gasteiger charge is -2.38. The largest absolute Gasteiger partial charge is 0.447 e. The minimum absolute atomic E-state index is 0.00802. The van der Waals surface area contributed by atoms with Crippen molar-refractivity contribution in [3.05, 3.63) is 17.5 Å². The fourth-order valence-corrected chi connectivity index (χ4v) is 5.88. The molecule has 0 N–H and O–H groups in total. The number of amides is 2. The topological polar surface area (TPSA) is 80.6 Å². The summed E-state index contributed by atoms with van der Waals surface area (Å²) in [6, 6.07) is 0.232. The Labute approximate surface area is 193 Å². The van der Waals surface area contributed by atoms with E-state index in [0.29, 0.717) is 36.4 Å². The van der Waals surface area contributed by atoms with Crippen LogP contribution in [0.2, 0.25) is 0 Å². The van der Waals surface area contributed by atoms with Crippen LogP contribution in [0.3, 0.4) is 0 Å². The molecule has 2 aromatic rings. The van der Waals surface area contributed by atoms with Crippen molar-refractivity contribution in [3.63, 3.8) is 0 Å². The smallest absolute Gasteiger partial charge is 0.410 e. The van der Waals surface area contributed by atoms with Crippen LogP contribution in [-0.2, 0) is 11.8 Å². The fraction of sp³-hybridized carbons (Fsp3) is 0.652. The van der Waals surface area contributed by atoms with Crippen LogP contribution >= 0.6 is 11.8 Å². The minimum Gasteiger partial charge on any atom is -0.447 e. The molecule has 0 aromatic carbocycles. The van der Waals surface area contributed by atoms with Gasteiger partial charge in [0.15, 0.2) is 5.65 Å². The van der Waals surface area contributed by atoms with Gasteiger partial charge in [0.25, 0.3) is 5.91 Å². The number of cyclic esters (lactones) is 1. The van der Waals surface area contributed by atoms with Crippen LogP contribution in [0.1, 0.15) is 56.6 Å². The van der Waals surface area contributed by atoms with Crippen molar-refractivity contribution in [3.8, 4) is 0 Å². The van der Waals surface area contributed by atoms with E-state index in [1.54, 1.807) is 22.6 Å².